The summed E-state index contributed by atoms with van der Waals surface area (Å²) in [7, 11) is -3.16. The van der Waals surface area contributed by atoms with Gasteiger partial charge in [-0.1, -0.05) is 70.9 Å². The molecule has 222 valence electrons. The molecular weight excluding hydrogens is 523 g/mol. The van der Waals surface area contributed by atoms with Crippen LogP contribution in [0.15, 0.2) is 48.9 Å². The van der Waals surface area contributed by atoms with Crippen molar-refractivity contribution in [3.05, 3.63) is 48.9 Å². The van der Waals surface area contributed by atoms with Gasteiger partial charge in [-0.3, -0.25) is 0 Å². The predicted molar refractivity (Wildman–Crippen MR) is 171 cm³/mol. The third-order valence-corrected chi connectivity index (χ3v) is 12.6. The maximum absolute atomic E-state index is 13.1. The minimum atomic E-state index is -3.16. The van der Waals surface area contributed by atoms with Gasteiger partial charge >= 0.3 is 0 Å². The lowest BCUT2D eigenvalue weighted by Gasteiger charge is -2.46. The Hall–Kier alpha value is -1.18. The molecule has 0 radical (unpaired) electrons. The molecule has 1 aliphatic heterocycles. The van der Waals surface area contributed by atoms with Gasteiger partial charge in [-0.05, 0) is 70.1 Å². The van der Waals surface area contributed by atoms with Crippen molar-refractivity contribution >= 4 is 21.6 Å². The van der Waals surface area contributed by atoms with Gasteiger partial charge < -0.3 is 16.0 Å². The van der Waals surface area contributed by atoms with Crippen molar-refractivity contribution in [3.8, 4) is 0 Å². The molecule has 0 bridgehead atoms. The fourth-order valence-electron chi connectivity index (χ4n) is 5.76. The minimum absolute atomic E-state index is 0.124. The third kappa shape index (κ3) is 9.71. The second-order valence-corrected chi connectivity index (χ2v) is 16.5. The molecule has 0 amide bonds. The van der Waals surface area contributed by atoms with Gasteiger partial charge in [0.15, 0.2) is 9.84 Å². The smallest absolute Gasteiger partial charge is 0.154 e. The molecule has 3 aliphatic rings. The van der Waals surface area contributed by atoms with E-state index in [0.29, 0.717) is 17.8 Å². The maximum atomic E-state index is 13.1. The van der Waals surface area contributed by atoms with E-state index in [9.17, 15) is 8.42 Å². The Balaban J connectivity index is 1.69. The molecule has 1 heterocycles. The van der Waals surface area contributed by atoms with Gasteiger partial charge in [-0.15, -0.1) is 0 Å². The predicted octanol–water partition coefficient (Wildman–Crippen LogP) is 6.65. The van der Waals surface area contributed by atoms with Crippen LogP contribution < -0.4 is 16.0 Å². The van der Waals surface area contributed by atoms with Gasteiger partial charge in [0.25, 0.3) is 0 Å². The highest BCUT2D eigenvalue weighted by molar-refractivity contribution is 8.01. The van der Waals surface area contributed by atoms with Crippen LogP contribution in [0.25, 0.3) is 0 Å². The zero-order valence-electron chi connectivity index (χ0n) is 25.0. The summed E-state index contributed by atoms with van der Waals surface area (Å²) in [5.41, 5.74) is 3.78. The van der Waals surface area contributed by atoms with Crippen LogP contribution in [-0.2, 0) is 9.84 Å². The van der Waals surface area contributed by atoms with E-state index in [-0.39, 0.29) is 28.5 Å². The number of hydrogen-bond acceptors (Lipinski definition) is 6. The van der Waals surface area contributed by atoms with Crippen LogP contribution in [0.1, 0.15) is 97.8 Å². The zero-order valence-corrected chi connectivity index (χ0v) is 26.6. The second-order valence-electron chi connectivity index (χ2n) is 12.6. The number of unbranched alkanes of at least 4 members (excludes halogenated alkanes) is 1. The number of sulfone groups is 1. The summed E-state index contributed by atoms with van der Waals surface area (Å²) in [6.45, 7) is 24.0. The molecule has 3 fully saturated rings. The molecule has 2 saturated carbocycles. The van der Waals surface area contributed by atoms with Crippen molar-refractivity contribution in [2.75, 3.05) is 18.1 Å². The van der Waals surface area contributed by atoms with Gasteiger partial charge in [0.05, 0.1) is 11.0 Å². The first kappa shape index (κ1) is 32.3. The van der Waals surface area contributed by atoms with Crippen LogP contribution in [0.5, 0.6) is 0 Å². The maximum Gasteiger partial charge on any atom is 0.154 e. The van der Waals surface area contributed by atoms with Crippen LogP contribution in [0.4, 0.5) is 0 Å². The molecule has 3 N–H and O–H groups in total. The highest BCUT2D eigenvalue weighted by Crippen LogP contribution is 2.39. The Morgan fingerprint density at radius 3 is 2.26 bits per heavy atom. The van der Waals surface area contributed by atoms with Crippen molar-refractivity contribution in [2.24, 2.45) is 5.92 Å². The Morgan fingerprint density at radius 2 is 1.72 bits per heavy atom. The molecule has 39 heavy (non-hydrogen) atoms. The zero-order chi connectivity index (χ0) is 28.6. The Kier molecular flexibility index (Phi) is 12.1. The summed E-state index contributed by atoms with van der Waals surface area (Å²) in [6, 6.07) is 0.688. The fourth-order valence-corrected chi connectivity index (χ4v) is 8.19. The highest BCUT2D eigenvalue weighted by Gasteiger charge is 2.42. The Bertz CT molecular complexity index is 973. The van der Waals surface area contributed by atoms with Crippen molar-refractivity contribution in [1.29, 1.82) is 0 Å². The van der Waals surface area contributed by atoms with Crippen molar-refractivity contribution < 1.29 is 8.42 Å². The summed E-state index contributed by atoms with van der Waals surface area (Å²) in [6.07, 6.45) is 13.0. The second kappa shape index (κ2) is 14.6. The monoisotopic (exact) mass is 577 g/mol. The van der Waals surface area contributed by atoms with Crippen molar-refractivity contribution in [3.63, 3.8) is 0 Å². The summed E-state index contributed by atoms with van der Waals surface area (Å²) >= 11 is 1.99. The van der Waals surface area contributed by atoms with E-state index in [4.69, 9.17) is 0 Å². The standard InChI is InChI=1S/C32H55N3O2S2/c1-8-9-13-28(27(7)33-21-25(5)26(6)34-29-14-15-29)20-24(4)31(30-16-19-38-30)35-32(17-11-10-12-18-32)22-39(36,37)23(2)3/h23,28-31,33-35H,4-22H2,1-3H3. The van der Waals surface area contributed by atoms with Crippen LogP contribution in [-0.4, -0.2) is 54.6 Å². The fraction of sp³-hybridized carbons (Fsp3) is 0.750. The molecule has 2 aliphatic carbocycles. The molecule has 0 aromatic rings. The Morgan fingerprint density at radius 1 is 1.05 bits per heavy atom. The quantitative estimate of drug-likeness (QED) is 0.118. The largest absolute Gasteiger partial charge is 0.384 e. The third-order valence-electron chi connectivity index (χ3n) is 8.83. The van der Waals surface area contributed by atoms with E-state index >= 15 is 0 Å². The molecule has 0 aromatic heterocycles. The number of nitrogens with one attached hydrogen (secondary N) is 3. The average molecular weight is 578 g/mol. The van der Waals surface area contributed by atoms with E-state index in [1.807, 2.05) is 25.6 Å². The summed E-state index contributed by atoms with van der Waals surface area (Å²) in [5, 5.41) is 11.1. The molecule has 7 heteroatoms. The summed E-state index contributed by atoms with van der Waals surface area (Å²) < 4.78 is 26.3. The first-order chi connectivity index (χ1) is 18.5. The van der Waals surface area contributed by atoms with E-state index in [0.717, 1.165) is 74.8 Å². The molecule has 0 aromatic carbocycles. The van der Waals surface area contributed by atoms with Gasteiger partial charge in [-0.2, -0.15) is 11.8 Å². The van der Waals surface area contributed by atoms with Crippen molar-refractivity contribution in [2.45, 2.75) is 126 Å². The minimum Gasteiger partial charge on any atom is -0.384 e. The molecule has 0 spiro atoms. The summed E-state index contributed by atoms with van der Waals surface area (Å²) in [5.74, 6) is 1.68. The number of rotatable bonds is 19. The number of thioether (sulfide) groups is 1. The lowest BCUT2D eigenvalue weighted by Crippen LogP contribution is -2.60. The number of hydrogen-bond donors (Lipinski definition) is 3. The van der Waals surface area contributed by atoms with E-state index in [1.54, 1.807) is 0 Å². The van der Waals surface area contributed by atoms with Crippen LogP contribution in [0.3, 0.4) is 0 Å². The first-order valence-corrected chi connectivity index (χ1v) is 18.1. The van der Waals surface area contributed by atoms with Gasteiger partial charge in [0.1, 0.15) is 0 Å². The molecule has 3 atom stereocenters. The first-order valence-electron chi connectivity index (χ1n) is 15.3. The molecule has 3 unspecified atom stereocenters. The van der Waals surface area contributed by atoms with Gasteiger partial charge in [0.2, 0.25) is 0 Å². The Labute approximate surface area is 244 Å². The SMILES string of the molecule is C=C(CNC(=C)C(CCCC)CC(=C)C(NC1(CS(=O)(=O)C(C)C)CCCCC1)C1CCS1)C(=C)NC1CC1. The summed E-state index contributed by atoms with van der Waals surface area (Å²) in [4.78, 5) is 0. The van der Waals surface area contributed by atoms with Crippen LogP contribution >= 0.6 is 11.8 Å². The van der Waals surface area contributed by atoms with E-state index < -0.39 is 9.84 Å². The van der Waals surface area contributed by atoms with E-state index in [1.165, 1.54) is 30.6 Å². The molecule has 5 nitrogen and oxygen atoms in total. The van der Waals surface area contributed by atoms with Crippen LogP contribution in [0, 0.1) is 5.92 Å². The normalized spacial score (nSPS) is 22.4. The molecular formula is C32H55N3O2S2. The van der Waals surface area contributed by atoms with Crippen LogP contribution in [0.2, 0.25) is 0 Å². The molecule has 1 saturated heterocycles. The van der Waals surface area contributed by atoms with E-state index in [2.05, 4.69) is 49.2 Å². The number of allylic oxidation sites excluding steroid dienone is 1. The topological polar surface area (TPSA) is 70.2 Å². The lowest BCUT2D eigenvalue weighted by molar-refractivity contribution is 0.233. The lowest BCUT2D eigenvalue weighted by atomic mass is 9.80. The average Bonchev–Trinajstić information content (AvgIpc) is 3.67. The van der Waals surface area contributed by atoms with Gasteiger partial charge in [0, 0.05) is 46.7 Å². The molecule has 3 rings (SSSR count). The van der Waals surface area contributed by atoms with Crippen molar-refractivity contribution in [1.82, 2.24) is 16.0 Å². The highest BCUT2D eigenvalue weighted by atomic mass is 32.2. The van der Waals surface area contributed by atoms with Gasteiger partial charge in [-0.25, -0.2) is 8.42 Å².